The van der Waals surface area contributed by atoms with Gasteiger partial charge in [-0.15, -0.1) is 0 Å². The number of carbonyl (C=O) groups excluding carboxylic acids is 1. The Morgan fingerprint density at radius 1 is 1.14 bits per heavy atom. The molecule has 182 valence electrons. The highest BCUT2D eigenvalue weighted by atomic mass is 35.5. The summed E-state index contributed by atoms with van der Waals surface area (Å²) in [4.78, 5) is 15.2. The Labute approximate surface area is 209 Å². The summed E-state index contributed by atoms with van der Waals surface area (Å²) in [5, 5.41) is 8.94. The fourth-order valence-electron chi connectivity index (χ4n) is 4.58. The number of benzene rings is 2. The van der Waals surface area contributed by atoms with Crippen LogP contribution < -0.4 is 10.1 Å². The molecule has 1 saturated heterocycles. The first-order valence-corrected chi connectivity index (χ1v) is 12.4. The molecule has 0 spiro atoms. The number of likely N-dealkylation sites (tertiary alicyclic amines) is 1. The van der Waals surface area contributed by atoms with Crippen LogP contribution in [0, 0.1) is 0 Å². The second kappa shape index (κ2) is 10.1. The lowest BCUT2D eigenvalue weighted by Gasteiger charge is -2.34. The zero-order valence-electron chi connectivity index (χ0n) is 19.9. The van der Waals surface area contributed by atoms with E-state index in [1.807, 2.05) is 65.2 Å². The van der Waals surface area contributed by atoms with Gasteiger partial charge >= 0.3 is 6.09 Å². The zero-order chi connectivity index (χ0) is 24.4. The van der Waals surface area contributed by atoms with Gasteiger partial charge in [-0.3, -0.25) is 0 Å². The molecule has 1 fully saturated rings. The number of halogens is 1. The van der Waals surface area contributed by atoms with Crippen molar-refractivity contribution in [1.29, 1.82) is 0 Å². The molecular weight excluding hydrogens is 464 g/mol. The molecule has 0 radical (unpaired) electrons. The second-order valence-electron chi connectivity index (χ2n) is 9.25. The molecule has 35 heavy (non-hydrogen) atoms. The number of hydrogen-bond acceptors (Lipinski definition) is 5. The number of amides is 1. The van der Waals surface area contributed by atoms with Crippen LogP contribution in [0.25, 0.3) is 22.2 Å². The van der Waals surface area contributed by atoms with Crippen LogP contribution in [0.5, 0.6) is 5.88 Å². The standard InChI is InChI=1S/C27H29ClN4O3/c1-18(2)31-13-11-22(12-14-31)29-27(33)34-26-15-20-5-3-4-6-24(20)32(26)17-23-16-25(35-30-23)19-7-9-21(28)10-8-19/h3-10,15-16,18,22H,11-14,17H2,1-2H3,(H,29,33). The van der Waals surface area contributed by atoms with Crippen LogP contribution in [0.3, 0.4) is 0 Å². The van der Waals surface area contributed by atoms with Gasteiger partial charge in [0, 0.05) is 53.3 Å². The summed E-state index contributed by atoms with van der Waals surface area (Å²) in [5.74, 6) is 1.13. The third-order valence-electron chi connectivity index (χ3n) is 6.56. The highest BCUT2D eigenvalue weighted by Crippen LogP contribution is 2.28. The largest absolute Gasteiger partial charge is 0.414 e. The van der Waals surface area contributed by atoms with Crippen molar-refractivity contribution in [2.75, 3.05) is 13.1 Å². The molecular formula is C27H29ClN4O3. The van der Waals surface area contributed by atoms with E-state index >= 15 is 0 Å². The number of ether oxygens (including phenoxy) is 1. The lowest BCUT2D eigenvalue weighted by atomic mass is 10.0. The van der Waals surface area contributed by atoms with Crippen LogP contribution in [0.4, 0.5) is 4.79 Å². The molecule has 0 bridgehead atoms. The highest BCUT2D eigenvalue weighted by Gasteiger charge is 2.23. The third kappa shape index (κ3) is 5.36. The predicted molar refractivity (Wildman–Crippen MR) is 137 cm³/mol. The maximum Gasteiger partial charge on any atom is 0.414 e. The molecule has 2 aromatic heterocycles. The first-order chi connectivity index (χ1) is 17.0. The topological polar surface area (TPSA) is 72.5 Å². The number of carbonyl (C=O) groups is 1. The van der Waals surface area contributed by atoms with Crippen LogP contribution in [0.1, 0.15) is 32.4 Å². The van der Waals surface area contributed by atoms with E-state index in [0.29, 0.717) is 29.2 Å². The molecule has 1 aliphatic rings. The van der Waals surface area contributed by atoms with Crippen molar-refractivity contribution in [3.63, 3.8) is 0 Å². The zero-order valence-corrected chi connectivity index (χ0v) is 20.7. The average Bonchev–Trinajstić information content (AvgIpc) is 3.45. The Morgan fingerprint density at radius 3 is 2.63 bits per heavy atom. The van der Waals surface area contributed by atoms with E-state index in [4.69, 9.17) is 20.9 Å². The van der Waals surface area contributed by atoms with E-state index in [1.165, 1.54) is 0 Å². The molecule has 0 saturated carbocycles. The van der Waals surface area contributed by atoms with Crippen molar-refractivity contribution < 1.29 is 14.1 Å². The van der Waals surface area contributed by atoms with E-state index < -0.39 is 6.09 Å². The molecule has 4 aromatic rings. The monoisotopic (exact) mass is 492 g/mol. The molecule has 3 heterocycles. The van der Waals surface area contributed by atoms with E-state index in [2.05, 4.69) is 29.2 Å². The molecule has 1 N–H and O–H groups in total. The van der Waals surface area contributed by atoms with Crippen LogP contribution >= 0.6 is 11.6 Å². The van der Waals surface area contributed by atoms with Crippen LogP contribution in [-0.4, -0.2) is 45.9 Å². The smallest absolute Gasteiger partial charge is 0.393 e. The van der Waals surface area contributed by atoms with Crippen molar-refractivity contribution in [2.45, 2.75) is 45.3 Å². The number of nitrogens with one attached hydrogen (secondary N) is 1. The molecule has 0 atom stereocenters. The van der Waals surface area contributed by atoms with Crippen molar-refractivity contribution in [1.82, 2.24) is 19.9 Å². The number of aromatic nitrogens is 2. The minimum atomic E-state index is -0.431. The summed E-state index contributed by atoms with van der Waals surface area (Å²) >= 11 is 6.00. The van der Waals surface area contributed by atoms with Crippen LogP contribution in [-0.2, 0) is 6.54 Å². The third-order valence-corrected chi connectivity index (χ3v) is 6.81. The molecule has 8 heteroatoms. The number of nitrogens with zero attached hydrogens (tertiary/aromatic N) is 3. The Balaban J connectivity index is 1.32. The molecule has 0 aliphatic carbocycles. The first kappa shape index (κ1) is 23.5. The Morgan fingerprint density at radius 2 is 1.89 bits per heavy atom. The van der Waals surface area contributed by atoms with Gasteiger partial charge in [-0.2, -0.15) is 0 Å². The van der Waals surface area contributed by atoms with Gasteiger partial charge in [0.1, 0.15) is 5.69 Å². The summed E-state index contributed by atoms with van der Waals surface area (Å²) < 4.78 is 13.3. The molecule has 1 amide bonds. The quantitative estimate of drug-likeness (QED) is 0.359. The second-order valence-corrected chi connectivity index (χ2v) is 9.69. The van der Waals surface area contributed by atoms with Gasteiger partial charge in [0.15, 0.2) is 5.76 Å². The Kier molecular flexibility index (Phi) is 6.79. The van der Waals surface area contributed by atoms with E-state index in [9.17, 15) is 4.79 Å². The molecule has 7 nitrogen and oxygen atoms in total. The average molecular weight is 493 g/mol. The number of piperidine rings is 1. The van der Waals surface area contributed by atoms with Crippen molar-refractivity contribution >= 4 is 28.6 Å². The maximum atomic E-state index is 12.8. The lowest BCUT2D eigenvalue weighted by Crippen LogP contribution is -2.47. The van der Waals surface area contributed by atoms with Gasteiger partial charge in [-0.05, 0) is 57.0 Å². The van der Waals surface area contributed by atoms with Crippen LogP contribution in [0.15, 0.2) is 65.2 Å². The lowest BCUT2D eigenvalue weighted by molar-refractivity contribution is 0.151. The minimum absolute atomic E-state index is 0.118. The van der Waals surface area contributed by atoms with Crippen molar-refractivity contribution in [3.8, 4) is 17.2 Å². The van der Waals surface area contributed by atoms with E-state index in [0.717, 1.165) is 48.1 Å². The normalized spacial score (nSPS) is 15.1. The summed E-state index contributed by atoms with van der Waals surface area (Å²) in [6.45, 7) is 6.76. The fourth-order valence-corrected chi connectivity index (χ4v) is 4.71. The van der Waals surface area contributed by atoms with Crippen LogP contribution in [0.2, 0.25) is 5.02 Å². The number of rotatable bonds is 6. The maximum absolute atomic E-state index is 12.8. The van der Waals surface area contributed by atoms with E-state index in [-0.39, 0.29) is 6.04 Å². The summed E-state index contributed by atoms with van der Waals surface area (Å²) in [6.07, 6.45) is 1.41. The summed E-state index contributed by atoms with van der Waals surface area (Å²) in [5.41, 5.74) is 2.57. The summed E-state index contributed by atoms with van der Waals surface area (Å²) in [7, 11) is 0. The fraction of sp³-hybridized carbons (Fsp3) is 0.333. The SMILES string of the molecule is CC(C)N1CCC(NC(=O)Oc2cc3ccccc3n2Cc2cc(-c3ccc(Cl)cc3)on2)CC1. The highest BCUT2D eigenvalue weighted by molar-refractivity contribution is 6.30. The predicted octanol–water partition coefficient (Wildman–Crippen LogP) is 5.96. The first-order valence-electron chi connectivity index (χ1n) is 12.0. The van der Waals surface area contributed by atoms with Gasteiger partial charge in [0.05, 0.1) is 12.1 Å². The molecule has 1 aliphatic heterocycles. The number of hydrogen-bond donors (Lipinski definition) is 1. The van der Waals surface area contributed by atoms with Crippen molar-refractivity contribution in [3.05, 3.63) is 71.4 Å². The van der Waals surface area contributed by atoms with Gasteiger partial charge in [0.25, 0.3) is 0 Å². The number of para-hydroxylation sites is 1. The summed E-state index contributed by atoms with van der Waals surface area (Å²) in [6, 6.07) is 19.8. The minimum Gasteiger partial charge on any atom is -0.393 e. The van der Waals surface area contributed by atoms with Crippen molar-refractivity contribution in [2.24, 2.45) is 0 Å². The van der Waals surface area contributed by atoms with Gasteiger partial charge in [-0.1, -0.05) is 35.0 Å². The van der Waals surface area contributed by atoms with E-state index in [1.54, 1.807) is 0 Å². The Hall–Kier alpha value is -3.29. The molecule has 0 unspecified atom stereocenters. The molecule has 5 rings (SSSR count). The Bertz CT molecular complexity index is 1300. The number of fused-ring (bicyclic) bond motifs is 1. The van der Waals surface area contributed by atoms with Gasteiger partial charge < -0.3 is 24.0 Å². The van der Waals surface area contributed by atoms with Gasteiger partial charge in [0.2, 0.25) is 5.88 Å². The molecule has 2 aromatic carbocycles. The van der Waals surface area contributed by atoms with Gasteiger partial charge in [-0.25, -0.2) is 4.79 Å².